The number of likely N-dealkylation sites (tertiary alicyclic amines) is 1. The third-order valence-corrected chi connectivity index (χ3v) is 4.82. The molecule has 3 rings (SSSR count). The molecule has 1 aromatic carbocycles. The summed E-state index contributed by atoms with van der Waals surface area (Å²) in [6.45, 7) is 3.11. The van der Waals surface area contributed by atoms with Crippen LogP contribution >= 0.6 is 0 Å². The lowest BCUT2D eigenvalue weighted by atomic mass is 9.89. The second kappa shape index (κ2) is 5.72. The first-order valence-corrected chi connectivity index (χ1v) is 7.72. The summed E-state index contributed by atoms with van der Waals surface area (Å²) in [5.41, 5.74) is 0.192. The van der Waals surface area contributed by atoms with E-state index in [4.69, 9.17) is 4.74 Å². The normalized spacial score (nSPS) is 31.4. The molecule has 0 aromatic heterocycles. The summed E-state index contributed by atoms with van der Waals surface area (Å²) >= 11 is 0. The number of hydrogen-bond donors (Lipinski definition) is 1. The highest BCUT2D eigenvalue weighted by Crippen LogP contribution is 2.36. The number of rotatable bonds is 3. The van der Waals surface area contributed by atoms with E-state index < -0.39 is 17.5 Å². The highest BCUT2D eigenvalue weighted by Gasteiger charge is 2.47. The van der Waals surface area contributed by atoms with Crippen LogP contribution in [0, 0.1) is 5.92 Å². The van der Waals surface area contributed by atoms with Crippen molar-refractivity contribution < 1.29 is 19.4 Å². The van der Waals surface area contributed by atoms with E-state index in [-0.39, 0.29) is 18.4 Å². The van der Waals surface area contributed by atoms with Gasteiger partial charge in [-0.15, -0.1) is 0 Å². The van der Waals surface area contributed by atoms with Gasteiger partial charge in [0, 0.05) is 25.6 Å². The van der Waals surface area contributed by atoms with Crippen molar-refractivity contribution in [3.05, 3.63) is 35.9 Å². The molecule has 0 radical (unpaired) electrons. The summed E-state index contributed by atoms with van der Waals surface area (Å²) < 4.78 is 5.61. The van der Waals surface area contributed by atoms with Gasteiger partial charge in [-0.05, 0) is 25.3 Å². The second-order valence-electron chi connectivity index (χ2n) is 6.35. The molecule has 3 atom stereocenters. The number of carboxylic acids is 1. The molecule has 2 saturated heterocycles. The lowest BCUT2D eigenvalue weighted by Gasteiger charge is -2.28. The Hall–Kier alpha value is -1.88. The fourth-order valence-corrected chi connectivity index (χ4v) is 3.54. The van der Waals surface area contributed by atoms with Crippen LogP contribution in [0.15, 0.2) is 30.3 Å². The quantitative estimate of drug-likeness (QED) is 0.926. The van der Waals surface area contributed by atoms with Crippen LogP contribution in [0.4, 0.5) is 0 Å². The maximum Gasteiger partial charge on any atom is 0.308 e. The maximum atomic E-state index is 12.7. The number of amides is 1. The minimum Gasteiger partial charge on any atom is -0.481 e. The molecule has 118 valence electrons. The second-order valence-corrected chi connectivity index (χ2v) is 6.35. The molecular formula is C17H21NO4. The number of carboxylic acid groups (broad SMARTS) is 1. The van der Waals surface area contributed by atoms with Gasteiger partial charge in [0.15, 0.2) is 0 Å². The van der Waals surface area contributed by atoms with E-state index in [1.165, 1.54) is 0 Å². The SMILES string of the molecule is CC1(C(=O)N2CC(C(=O)O)C(c3ccccc3)C2)CCCO1. The van der Waals surface area contributed by atoms with Crippen molar-refractivity contribution in [2.45, 2.75) is 31.3 Å². The van der Waals surface area contributed by atoms with Crippen molar-refractivity contribution in [3.8, 4) is 0 Å². The third kappa shape index (κ3) is 2.61. The molecule has 5 nitrogen and oxygen atoms in total. The first kappa shape index (κ1) is 15.0. The van der Waals surface area contributed by atoms with E-state index in [1.54, 1.807) is 4.90 Å². The zero-order valence-corrected chi connectivity index (χ0v) is 12.7. The summed E-state index contributed by atoms with van der Waals surface area (Å²) in [6.07, 6.45) is 1.58. The molecule has 2 fully saturated rings. The van der Waals surface area contributed by atoms with Gasteiger partial charge in [0.2, 0.25) is 0 Å². The van der Waals surface area contributed by atoms with Gasteiger partial charge in [-0.1, -0.05) is 30.3 Å². The van der Waals surface area contributed by atoms with E-state index >= 15 is 0 Å². The van der Waals surface area contributed by atoms with Crippen LogP contribution in [0.3, 0.4) is 0 Å². The Balaban J connectivity index is 1.82. The smallest absolute Gasteiger partial charge is 0.308 e. The van der Waals surface area contributed by atoms with Gasteiger partial charge in [-0.25, -0.2) is 0 Å². The maximum absolute atomic E-state index is 12.7. The highest BCUT2D eigenvalue weighted by atomic mass is 16.5. The van der Waals surface area contributed by atoms with Crippen LogP contribution < -0.4 is 0 Å². The molecule has 0 bridgehead atoms. The number of hydrogen-bond acceptors (Lipinski definition) is 3. The summed E-state index contributed by atoms with van der Waals surface area (Å²) in [6, 6.07) is 9.58. The number of aliphatic carboxylic acids is 1. The largest absolute Gasteiger partial charge is 0.481 e. The number of carbonyl (C=O) groups excluding carboxylic acids is 1. The van der Waals surface area contributed by atoms with Crippen LogP contribution in [0.5, 0.6) is 0 Å². The first-order chi connectivity index (χ1) is 10.5. The van der Waals surface area contributed by atoms with Crippen LogP contribution in [0.1, 0.15) is 31.2 Å². The first-order valence-electron chi connectivity index (χ1n) is 7.72. The molecule has 1 aromatic rings. The Morgan fingerprint density at radius 3 is 2.59 bits per heavy atom. The predicted molar refractivity (Wildman–Crippen MR) is 80.5 cm³/mol. The van der Waals surface area contributed by atoms with Crippen LogP contribution in [0.2, 0.25) is 0 Å². The van der Waals surface area contributed by atoms with Gasteiger partial charge in [-0.3, -0.25) is 9.59 Å². The summed E-state index contributed by atoms with van der Waals surface area (Å²) in [4.78, 5) is 26.0. The lowest BCUT2D eigenvalue weighted by molar-refractivity contribution is -0.150. The van der Waals surface area contributed by atoms with Crippen LogP contribution in [-0.2, 0) is 14.3 Å². The molecule has 2 heterocycles. The van der Waals surface area contributed by atoms with Crippen LogP contribution in [0.25, 0.3) is 0 Å². The van der Waals surface area contributed by atoms with Crippen molar-refractivity contribution in [1.29, 1.82) is 0 Å². The van der Waals surface area contributed by atoms with Gasteiger partial charge >= 0.3 is 5.97 Å². The van der Waals surface area contributed by atoms with Crippen molar-refractivity contribution in [1.82, 2.24) is 4.90 Å². The molecule has 1 N–H and O–H groups in total. The molecule has 0 spiro atoms. The van der Waals surface area contributed by atoms with Gasteiger partial charge in [-0.2, -0.15) is 0 Å². The van der Waals surface area contributed by atoms with Gasteiger partial charge < -0.3 is 14.7 Å². The van der Waals surface area contributed by atoms with E-state index in [9.17, 15) is 14.7 Å². The summed E-state index contributed by atoms with van der Waals surface area (Å²) in [5, 5.41) is 9.50. The van der Waals surface area contributed by atoms with Crippen LogP contribution in [-0.4, -0.2) is 47.2 Å². The molecule has 1 amide bonds. The Kier molecular flexibility index (Phi) is 3.91. The van der Waals surface area contributed by atoms with Crippen molar-refractivity contribution in [3.63, 3.8) is 0 Å². The Morgan fingerprint density at radius 2 is 2.00 bits per heavy atom. The van der Waals surface area contributed by atoms with Gasteiger partial charge in [0.1, 0.15) is 5.60 Å². The van der Waals surface area contributed by atoms with E-state index in [0.717, 1.165) is 12.0 Å². The number of ether oxygens (including phenoxy) is 1. The molecular weight excluding hydrogens is 282 g/mol. The lowest BCUT2D eigenvalue weighted by Crippen LogP contribution is -2.46. The van der Waals surface area contributed by atoms with Crippen molar-refractivity contribution in [2.75, 3.05) is 19.7 Å². The third-order valence-electron chi connectivity index (χ3n) is 4.82. The fourth-order valence-electron chi connectivity index (χ4n) is 3.54. The molecule has 2 aliphatic rings. The molecule has 3 unspecified atom stereocenters. The molecule has 22 heavy (non-hydrogen) atoms. The molecule has 0 saturated carbocycles. The Labute approximate surface area is 129 Å². The fraction of sp³-hybridized carbons (Fsp3) is 0.529. The zero-order chi connectivity index (χ0) is 15.7. The van der Waals surface area contributed by atoms with Gasteiger partial charge in [0.05, 0.1) is 5.92 Å². The minimum atomic E-state index is -0.846. The number of nitrogens with zero attached hydrogens (tertiary/aromatic N) is 1. The summed E-state index contributed by atoms with van der Waals surface area (Å²) in [5.74, 6) is -1.64. The topological polar surface area (TPSA) is 66.8 Å². The van der Waals surface area contributed by atoms with Crippen molar-refractivity contribution in [2.24, 2.45) is 5.92 Å². The number of benzene rings is 1. The molecule has 5 heteroatoms. The predicted octanol–water partition coefficient (Wildman–Crippen LogP) is 1.88. The standard InChI is InChI=1S/C17H21NO4/c1-17(8-5-9-22-17)16(21)18-10-13(14(11-18)15(19)20)12-6-3-2-4-7-12/h2-4,6-7,13-14H,5,8-11H2,1H3,(H,19,20). The van der Waals surface area contributed by atoms with E-state index in [1.807, 2.05) is 37.3 Å². The van der Waals surface area contributed by atoms with E-state index in [2.05, 4.69) is 0 Å². The monoisotopic (exact) mass is 303 g/mol. The minimum absolute atomic E-state index is 0.0744. The number of carbonyl (C=O) groups is 2. The van der Waals surface area contributed by atoms with Crippen molar-refractivity contribution >= 4 is 11.9 Å². The summed E-state index contributed by atoms with van der Waals surface area (Å²) in [7, 11) is 0. The average Bonchev–Trinajstić information content (AvgIpc) is 3.15. The molecule has 0 aliphatic carbocycles. The Bertz CT molecular complexity index is 565. The molecule has 2 aliphatic heterocycles. The van der Waals surface area contributed by atoms with Gasteiger partial charge in [0.25, 0.3) is 5.91 Å². The highest BCUT2D eigenvalue weighted by molar-refractivity contribution is 5.86. The average molecular weight is 303 g/mol. The Morgan fingerprint density at radius 1 is 1.27 bits per heavy atom. The zero-order valence-electron chi connectivity index (χ0n) is 12.7. The van der Waals surface area contributed by atoms with E-state index in [0.29, 0.717) is 19.6 Å².